The monoisotopic (exact) mass is 453 g/mol. The van der Waals surface area contributed by atoms with Crippen molar-refractivity contribution < 1.29 is 14.0 Å². The lowest BCUT2D eigenvalue weighted by atomic mass is 10.2. The maximum Gasteiger partial charge on any atom is 0.252 e. The standard InChI is InChI=1S/C19H18BrClFN3O2/c20-17-11-14(22)3-6-16(17)19(27)23-12-18(26)25-9-7-24(8-10-25)15-4-1-13(21)2-5-15/h1-6,11H,7-10,12H2,(H,23,27). The van der Waals surface area contributed by atoms with Gasteiger partial charge in [0.2, 0.25) is 5.91 Å². The smallest absolute Gasteiger partial charge is 0.252 e. The van der Waals surface area contributed by atoms with Gasteiger partial charge in [-0.15, -0.1) is 0 Å². The Morgan fingerprint density at radius 2 is 1.74 bits per heavy atom. The van der Waals surface area contributed by atoms with Crippen LogP contribution in [0.1, 0.15) is 10.4 Å². The molecule has 5 nitrogen and oxygen atoms in total. The zero-order valence-electron chi connectivity index (χ0n) is 14.4. The molecule has 1 fully saturated rings. The fourth-order valence-electron chi connectivity index (χ4n) is 2.90. The molecule has 0 bridgehead atoms. The average molecular weight is 455 g/mol. The number of carbonyl (C=O) groups excluding carboxylic acids is 2. The number of piperazine rings is 1. The summed E-state index contributed by atoms with van der Waals surface area (Å²) in [6, 6.07) is 11.4. The van der Waals surface area contributed by atoms with Crippen molar-refractivity contribution in [2.75, 3.05) is 37.6 Å². The van der Waals surface area contributed by atoms with Crippen LogP contribution in [0.5, 0.6) is 0 Å². The van der Waals surface area contributed by atoms with Crippen LogP contribution in [0.2, 0.25) is 5.02 Å². The van der Waals surface area contributed by atoms with Crippen LogP contribution in [0, 0.1) is 5.82 Å². The summed E-state index contributed by atoms with van der Waals surface area (Å²) in [6.45, 7) is 2.49. The Bertz CT molecular complexity index is 839. The first-order valence-corrected chi connectivity index (χ1v) is 9.62. The van der Waals surface area contributed by atoms with Gasteiger partial charge in [-0.05, 0) is 58.4 Å². The summed E-state index contributed by atoms with van der Waals surface area (Å²) < 4.78 is 13.5. The van der Waals surface area contributed by atoms with E-state index in [1.807, 2.05) is 24.3 Å². The maximum absolute atomic E-state index is 13.1. The first-order valence-electron chi connectivity index (χ1n) is 8.45. The summed E-state index contributed by atoms with van der Waals surface area (Å²) >= 11 is 9.06. The van der Waals surface area contributed by atoms with E-state index in [0.29, 0.717) is 35.7 Å². The van der Waals surface area contributed by atoms with Gasteiger partial charge >= 0.3 is 0 Å². The minimum atomic E-state index is -0.437. The van der Waals surface area contributed by atoms with Crippen molar-refractivity contribution in [3.05, 3.63) is 63.3 Å². The Hall–Kier alpha value is -2.12. The Morgan fingerprint density at radius 1 is 1.07 bits per heavy atom. The number of rotatable bonds is 4. The third kappa shape index (κ3) is 4.99. The lowest BCUT2D eigenvalue weighted by molar-refractivity contribution is -0.130. The number of nitrogens with one attached hydrogen (secondary N) is 1. The molecular formula is C19H18BrClFN3O2. The van der Waals surface area contributed by atoms with E-state index < -0.39 is 11.7 Å². The molecule has 1 aliphatic rings. The molecule has 0 unspecified atom stereocenters. The molecule has 142 valence electrons. The number of nitrogens with zero attached hydrogens (tertiary/aromatic N) is 2. The van der Waals surface area contributed by atoms with Crippen molar-refractivity contribution in [1.82, 2.24) is 10.2 Å². The summed E-state index contributed by atoms with van der Waals surface area (Å²) in [7, 11) is 0. The lowest BCUT2D eigenvalue weighted by Gasteiger charge is -2.36. The van der Waals surface area contributed by atoms with Gasteiger partial charge in [0.25, 0.3) is 5.91 Å². The zero-order chi connectivity index (χ0) is 19.4. The predicted molar refractivity (Wildman–Crippen MR) is 107 cm³/mol. The molecule has 0 radical (unpaired) electrons. The zero-order valence-corrected chi connectivity index (χ0v) is 16.8. The molecule has 2 aromatic carbocycles. The molecular weight excluding hydrogens is 437 g/mol. The Morgan fingerprint density at radius 3 is 2.37 bits per heavy atom. The van der Waals surface area contributed by atoms with Gasteiger partial charge in [-0.1, -0.05) is 11.6 Å². The third-order valence-corrected chi connectivity index (χ3v) is 5.31. The molecule has 2 amide bonds. The minimum Gasteiger partial charge on any atom is -0.368 e. The third-order valence-electron chi connectivity index (χ3n) is 4.40. The van der Waals surface area contributed by atoms with Crippen LogP contribution in [0.25, 0.3) is 0 Å². The number of amides is 2. The highest BCUT2D eigenvalue weighted by Crippen LogP contribution is 2.20. The summed E-state index contributed by atoms with van der Waals surface area (Å²) in [4.78, 5) is 28.5. The molecule has 27 heavy (non-hydrogen) atoms. The van der Waals surface area contributed by atoms with E-state index in [1.165, 1.54) is 18.2 Å². The molecule has 0 saturated carbocycles. The van der Waals surface area contributed by atoms with E-state index in [0.717, 1.165) is 5.69 Å². The van der Waals surface area contributed by atoms with Crippen LogP contribution in [-0.2, 0) is 4.79 Å². The first-order chi connectivity index (χ1) is 12.9. The molecule has 1 aliphatic heterocycles. The lowest BCUT2D eigenvalue weighted by Crippen LogP contribution is -2.51. The molecule has 0 aromatic heterocycles. The van der Waals surface area contributed by atoms with E-state index in [4.69, 9.17) is 11.6 Å². The molecule has 0 spiro atoms. The van der Waals surface area contributed by atoms with Gasteiger partial charge in [0.05, 0.1) is 12.1 Å². The van der Waals surface area contributed by atoms with Crippen LogP contribution in [0.15, 0.2) is 46.9 Å². The highest BCUT2D eigenvalue weighted by Gasteiger charge is 2.22. The molecule has 0 aliphatic carbocycles. The number of benzene rings is 2. The van der Waals surface area contributed by atoms with Crippen molar-refractivity contribution >= 4 is 45.0 Å². The van der Waals surface area contributed by atoms with Crippen molar-refractivity contribution in [1.29, 1.82) is 0 Å². The van der Waals surface area contributed by atoms with E-state index >= 15 is 0 Å². The highest BCUT2D eigenvalue weighted by atomic mass is 79.9. The van der Waals surface area contributed by atoms with Crippen molar-refractivity contribution in [2.24, 2.45) is 0 Å². The fourth-order valence-corrected chi connectivity index (χ4v) is 3.56. The van der Waals surface area contributed by atoms with Gasteiger partial charge in [0.1, 0.15) is 5.82 Å². The largest absolute Gasteiger partial charge is 0.368 e. The number of halogens is 3. The summed E-state index contributed by atoms with van der Waals surface area (Å²) in [5, 5.41) is 3.29. The van der Waals surface area contributed by atoms with Crippen LogP contribution in [-0.4, -0.2) is 49.4 Å². The van der Waals surface area contributed by atoms with Crippen molar-refractivity contribution in [3.8, 4) is 0 Å². The van der Waals surface area contributed by atoms with Crippen LogP contribution >= 0.6 is 27.5 Å². The average Bonchev–Trinajstić information content (AvgIpc) is 2.66. The van der Waals surface area contributed by atoms with E-state index in [9.17, 15) is 14.0 Å². The SMILES string of the molecule is O=C(NCC(=O)N1CCN(c2ccc(Cl)cc2)CC1)c1ccc(F)cc1Br. The predicted octanol–water partition coefficient (Wildman–Crippen LogP) is 3.32. The van der Waals surface area contributed by atoms with Gasteiger partial charge in [-0.25, -0.2) is 4.39 Å². The topological polar surface area (TPSA) is 52.7 Å². The van der Waals surface area contributed by atoms with Gasteiger partial charge in [0, 0.05) is 41.4 Å². The second-order valence-corrected chi connectivity index (χ2v) is 7.44. The summed E-state index contributed by atoms with van der Waals surface area (Å²) in [6.07, 6.45) is 0. The van der Waals surface area contributed by atoms with Crippen LogP contribution in [0.4, 0.5) is 10.1 Å². The molecule has 0 atom stereocenters. The van der Waals surface area contributed by atoms with Crippen molar-refractivity contribution in [2.45, 2.75) is 0 Å². The van der Waals surface area contributed by atoms with E-state index in [-0.39, 0.29) is 18.0 Å². The normalized spacial score (nSPS) is 14.2. The van der Waals surface area contributed by atoms with E-state index in [2.05, 4.69) is 26.1 Å². The highest BCUT2D eigenvalue weighted by molar-refractivity contribution is 9.10. The molecule has 1 N–H and O–H groups in total. The number of hydrogen-bond acceptors (Lipinski definition) is 3. The molecule has 3 rings (SSSR count). The van der Waals surface area contributed by atoms with Crippen LogP contribution < -0.4 is 10.2 Å². The number of hydrogen-bond donors (Lipinski definition) is 1. The summed E-state index contributed by atoms with van der Waals surface area (Å²) in [5.41, 5.74) is 1.36. The summed E-state index contributed by atoms with van der Waals surface area (Å²) in [5.74, 6) is -1.000. The van der Waals surface area contributed by atoms with Crippen LogP contribution in [0.3, 0.4) is 0 Å². The van der Waals surface area contributed by atoms with Gasteiger partial charge < -0.3 is 15.1 Å². The molecule has 1 saturated heterocycles. The molecule has 8 heteroatoms. The second-order valence-electron chi connectivity index (χ2n) is 6.15. The quantitative estimate of drug-likeness (QED) is 0.771. The Labute approximate surface area is 170 Å². The first kappa shape index (κ1) is 19.6. The fraction of sp³-hybridized carbons (Fsp3) is 0.263. The van der Waals surface area contributed by atoms with Gasteiger partial charge in [-0.2, -0.15) is 0 Å². The second kappa shape index (κ2) is 8.71. The van der Waals surface area contributed by atoms with Crippen molar-refractivity contribution in [3.63, 3.8) is 0 Å². The number of carbonyl (C=O) groups is 2. The van der Waals surface area contributed by atoms with Gasteiger partial charge in [0.15, 0.2) is 0 Å². The molecule has 2 aromatic rings. The minimum absolute atomic E-state index is 0.0937. The number of anilines is 1. The Balaban J connectivity index is 1.49. The van der Waals surface area contributed by atoms with E-state index in [1.54, 1.807) is 4.90 Å². The Kier molecular flexibility index (Phi) is 6.34. The maximum atomic E-state index is 13.1. The van der Waals surface area contributed by atoms with Gasteiger partial charge in [-0.3, -0.25) is 9.59 Å². The molecule has 1 heterocycles.